The van der Waals surface area contributed by atoms with Crippen molar-refractivity contribution in [1.82, 2.24) is 4.67 Å². The van der Waals surface area contributed by atoms with Crippen LogP contribution < -0.4 is 14.9 Å². The summed E-state index contributed by atoms with van der Waals surface area (Å²) in [6, 6.07) is 13.0. The highest BCUT2D eigenvalue weighted by molar-refractivity contribution is 8.18. The maximum atomic E-state index is 13.6. The van der Waals surface area contributed by atoms with Gasteiger partial charge in [-0.15, -0.1) is 0 Å². The molecular weight excluding hydrogens is 417 g/mol. The van der Waals surface area contributed by atoms with Crippen LogP contribution in [0.25, 0.3) is 0 Å². The average Bonchev–Trinajstić information content (AvgIpc) is 3.35. The average molecular weight is 444 g/mol. The predicted octanol–water partition coefficient (Wildman–Crippen LogP) is 3.62. The minimum absolute atomic E-state index is 0.0622. The van der Waals surface area contributed by atoms with Crippen LogP contribution in [-0.2, 0) is 16.5 Å². The maximum Gasteiger partial charge on any atom is 0.338 e. The smallest absolute Gasteiger partial charge is 0.338 e. The summed E-state index contributed by atoms with van der Waals surface area (Å²) < 4.78 is 9.21. The first-order valence-electron chi connectivity index (χ1n) is 10.2. The topological polar surface area (TPSA) is 53.1 Å². The second-order valence-electron chi connectivity index (χ2n) is 7.68. The minimum atomic E-state index is -2.48. The molecule has 0 aliphatic carbocycles. The number of carbonyl (C=O) groups excluding carboxylic acids is 2. The van der Waals surface area contributed by atoms with Gasteiger partial charge in [-0.1, -0.05) is 11.8 Å². The molecule has 4 rings (SSSR count). The van der Waals surface area contributed by atoms with E-state index in [-0.39, 0.29) is 11.9 Å². The highest BCUT2D eigenvalue weighted by Gasteiger charge is 2.47. The van der Waals surface area contributed by atoms with Gasteiger partial charge in [-0.2, -0.15) is 0 Å². The van der Waals surface area contributed by atoms with E-state index in [1.165, 1.54) is 0 Å². The van der Waals surface area contributed by atoms with Crippen molar-refractivity contribution in [2.45, 2.75) is 19.8 Å². The fraction of sp³-hybridized carbons (Fsp3) is 0.364. The highest BCUT2D eigenvalue weighted by atomic mass is 32.4. The second kappa shape index (κ2) is 8.14. The van der Waals surface area contributed by atoms with E-state index in [9.17, 15) is 9.59 Å². The van der Waals surface area contributed by atoms with Crippen LogP contribution in [0.15, 0.2) is 42.5 Å². The van der Waals surface area contributed by atoms with Crippen LogP contribution in [0.2, 0.25) is 0 Å². The van der Waals surface area contributed by atoms with E-state index in [0.29, 0.717) is 17.7 Å². The van der Waals surface area contributed by atoms with Gasteiger partial charge in [0.15, 0.2) is 0 Å². The lowest BCUT2D eigenvalue weighted by Gasteiger charge is -2.36. The summed E-state index contributed by atoms with van der Waals surface area (Å²) in [6.45, 7) is 3.90. The van der Waals surface area contributed by atoms with E-state index in [0.717, 1.165) is 42.6 Å². The van der Waals surface area contributed by atoms with Gasteiger partial charge in [-0.3, -0.25) is 14.1 Å². The lowest BCUT2D eigenvalue weighted by molar-refractivity contribution is 0.0526. The summed E-state index contributed by atoms with van der Waals surface area (Å²) in [5.74, 6) is -0.428. The zero-order valence-electron chi connectivity index (χ0n) is 17.5. The summed E-state index contributed by atoms with van der Waals surface area (Å²) in [5, 5.41) is 0.962. The first-order chi connectivity index (χ1) is 14.4. The van der Waals surface area contributed by atoms with Gasteiger partial charge < -0.3 is 9.64 Å². The van der Waals surface area contributed by atoms with Crippen molar-refractivity contribution < 1.29 is 14.3 Å². The Morgan fingerprint density at radius 3 is 2.40 bits per heavy atom. The minimum Gasteiger partial charge on any atom is -0.462 e. The van der Waals surface area contributed by atoms with Gasteiger partial charge in [-0.05, 0) is 62.2 Å². The van der Waals surface area contributed by atoms with Crippen molar-refractivity contribution in [3.05, 3.63) is 53.6 Å². The quantitative estimate of drug-likeness (QED) is 0.520. The number of benzene rings is 2. The van der Waals surface area contributed by atoms with Crippen LogP contribution in [-0.4, -0.2) is 50.3 Å². The summed E-state index contributed by atoms with van der Waals surface area (Å²) >= 11 is 6.33. The number of anilines is 2. The fourth-order valence-corrected chi connectivity index (χ4v) is 8.66. The Balaban J connectivity index is 1.80. The van der Waals surface area contributed by atoms with E-state index < -0.39 is 6.34 Å². The normalized spacial score (nSPS) is 21.0. The van der Waals surface area contributed by atoms with Gasteiger partial charge in [-0.25, -0.2) is 4.79 Å². The summed E-state index contributed by atoms with van der Waals surface area (Å²) in [4.78, 5) is 27.6. The van der Waals surface area contributed by atoms with Crippen molar-refractivity contribution in [2.24, 2.45) is 0 Å². The number of hydrogen-bond donors (Lipinski definition) is 0. The van der Waals surface area contributed by atoms with Gasteiger partial charge in [0.1, 0.15) is 6.34 Å². The van der Waals surface area contributed by atoms with Gasteiger partial charge in [0, 0.05) is 38.2 Å². The Morgan fingerprint density at radius 1 is 1.13 bits per heavy atom. The molecule has 0 aromatic heterocycles. The zero-order chi connectivity index (χ0) is 21.5. The number of hydrogen-bond acceptors (Lipinski definition) is 5. The monoisotopic (exact) mass is 443 g/mol. The lowest BCUT2D eigenvalue weighted by atomic mass is 10.1. The molecule has 0 bridgehead atoms. The van der Waals surface area contributed by atoms with Crippen LogP contribution in [0, 0.1) is 0 Å². The van der Waals surface area contributed by atoms with Crippen molar-refractivity contribution in [1.29, 1.82) is 0 Å². The largest absolute Gasteiger partial charge is 0.462 e. The van der Waals surface area contributed by atoms with Crippen LogP contribution in [0.5, 0.6) is 0 Å². The summed E-state index contributed by atoms with van der Waals surface area (Å²) in [6.07, 6.45) is -0.300. The molecule has 0 radical (unpaired) electrons. The van der Waals surface area contributed by atoms with E-state index in [4.69, 9.17) is 16.5 Å². The number of fused-ring (bicyclic) bond motifs is 1. The zero-order valence-corrected chi connectivity index (χ0v) is 19.2. The number of ether oxygens (including phenoxy) is 1. The SMILES string of the molecule is CCOC(=O)c1ccc(N2C(=O)c3cc(N(C)C)ccc3[P@]2(=S)N2CCCC2)cc1. The molecule has 2 aliphatic rings. The van der Waals surface area contributed by atoms with Crippen molar-refractivity contribution >= 4 is 46.7 Å². The number of esters is 1. The van der Waals surface area contributed by atoms with Crippen LogP contribution in [0.1, 0.15) is 40.5 Å². The highest BCUT2D eigenvalue weighted by Crippen LogP contribution is 2.60. The molecule has 6 nitrogen and oxygen atoms in total. The van der Waals surface area contributed by atoms with E-state index in [1.807, 2.05) is 41.9 Å². The van der Waals surface area contributed by atoms with E-state index >= 15 is 0 Å². The molecule has 0 N–H and O–H groups in total. The molecule has 2 heterocycles. The molecule has 0 spiro atoms. The number of nitrogens with zero attached hydrogens (tertiary/aromatic N) is 3. The molecule has 2 aromatic carbocycles. The molecular formula is C22H26N3O3PS. The predicted molar refractivity (Wildman–Crippen MR) is 125 cm³/mol. The molecule has 1 saturated heterocycles. The third-order valence-electron chi connectivity index (χ3n) is 5.59. The first kappa shape index (κ1) is 21.0. The van der Waals surface area contributed by atoms with Crippen LogP contribution in [0.4, 0.5) is 11.4 Å². The van der Waals surface area contributed by atoms with Crippen LogP contribution in [0.3, 0.4) is 0 Å². The molecule has 2 aromatic rings. The molecule has 30 heavy (non-hydrogen) atoms. The Bertz CT molecular complexity index is 1030. The molecule has 1 amide bonds. The number of amides is 1. The molecule has 0 saturated carbocycles. The maximum absolute atomic E-state index is 13.6. The Labute approximate surface area is 182 Å². The Kier molecular flexibility index (Phi) is 5.71. The van der Waals surface area contributed by atoms with Gasteiger partial charge >= 0.3 is 5.97 Å². The van der Waals surface area contributed by atoms with E-state index in [2.05, 4.69) is 4.67 Å². The summed E-state index contributed by atoms with van der Waals surface area (Å²) in [7, 11) is 3.92. The van der Waals surface area contributed by atoms with Crippen molar-refractivity contribution in [3.63, 3.8) is 0 Å². The lowest BCUT2D eigenvalue weighted by Crippen LogP contribution is -2.32. The third-order valence-corrected chi connectivity index (χ3v) is 10.5. The number of carbonyl (C=O) groups is 2. The molecule has 8 heteroatoms. The molecule has 0 unspecified atom stereocenters. The van der Waals surface area contributed by atoms with Gasteiger partial charge in [0.25, 0.3) is 5.91 Å². The Morgan fingerprint density at radius 2 is 1.80 bits per heavy atom. The van der Waals surface area contributed by atoms with Gasteiger partial charge in [0.2, 0.25) is 0 Å². The molecule has 2 aliphatic heterocycles. The second-order valence-corrected chi connectivity index (χ2v) is 11.7. The van der Waals surface area contributed by atoms with E-state index in [1.54, 1.807) is 31.2 Å². The number of rotatable bonds is 5. The van der Waals surface area contributed by atoms with Gasteiger partial charge in [0.05, 0.1) is 23.4 Å². The molecule has 1 fully saturated rings. The standard InChI is InChI=1S/C22H26N3O3PS/c1-4-28-22(27)16-7-9-17(10-8-16)25-21(26)19-15-18(23(2)3)11-12-20(19)29(25,30)24-13-5-6-14-24/h7-12,15H,4-6,13-14H2,1-3H3/t29-/m0/s1. The van der Waals surface area contributed by atoms with Crippen molar-refractivity contribution in [3.8, 4) is 0 Å². The molecule has 1 atom stereocenters. The van der Waals surface area contributed by atoms with Crippen LogP contribution >= 0.6 is 6.34 Å². The Hall–Kier alpha value is -2.21. The summed E-state index contributed by atoms with van der Waals surface area (Å²) in [5.41, 5.74) is 2.86. The third kappa shape index (κ3) is 3.35. The first-order valence-corrected chi connectivity index (χ1v) is 12.9. The van der Waals surface area contributed by atoms with Crippen molar-refractivity contribution in [2.75, 3.05) is 43.4 Å². The molecule has 158 valence electrons. The fourth-order valence-electron chi connectivity index (χ4n) is 4.05.